The lowest BCUT2D eigenvalue weighted by Gasteiger charge is -2.13. The number of rotatable bonds is 8. The quantitative estimate of drug-likeness (QED) is 0.540. The van der Waals surface area contributed by atoms with Crippen molar-refractivity contribution in [3.05, 3.63) is 59.2 Å². The minimum absolute atomic E-state index is 0.0937. The monoisotopic (exact) mass is 404 g/mol. The molecule has 0 bridgehead atoms. The summed E-state index contributed by atoms with van der Waals surface area (Å²) in [5.41, 5.74) is 1.58. The summed E-state index contributed by atoms with van der Waals surface area (Å²) < 4.78 is 17.8. The maximum atomic E-state index is 12.8. The summed E-state index contributed by atoms with van der Waals surface area (Å²) in [4.78, 5) is 40.8. The molecule has 1 N–H and O–H groups in total. The maximum Gasteiger partial charge on any atom is 0.316 e. The zero-order valence-corrected chi connectivity index (χ0v) is 16.1. The summed E-state index contributed by atoms with van der Waals surface area (Å²) in [5, 5.41) is 0. The number of carbonyl (C=O) groups excluding carboxylic acids is 3. The number of aromatic nitrogens is 1. The summed E-state index contributed by atoms with van der Waals surface area (Å²) in [6.07, 6.45) is 3.45. The number of nitrogens with zero attached hydrogens (tertiary/aromatic N) is 1. The zero-order chi connectivity index (χ0) is 19.9. The van der Waals surface area contributed by atoms with Gasteiger partial charge in [0.05, 0.1) is 5.75 Å². The zero-order valence-electron chi connectivity index (χ0n) is 15.3. The normalized spacial score (nSPS) is 13.5. The van der Waals surface area contributed by atoms with E-state index >= 15 is 0 Å². The molecule has 2 aromatic rings. The number of hydrogen-bond acceptors (Lipinski definition) is 5. The number of carbonyl (C=O) groups is 3. The predicted octanol–water partition coefficient (Wildman–Crippen LogP) is 3.05. The fraction of sp³-hybridized carbons (Fsp3) is 0.350. The molecule has 1 aliphatic heterocycles. The third-order valence-electron chi connectivity index (χ3n) is 4.39. The summed E-state index contributed by atoms with van der Waals surface area (Å²) >= 11 is 1.33. The van der Waals surface area contributed by atoms with Crippen LogP contribution < -0.4 is 0 Å². The summed E-state index contributed by atoms with van der Waals surface area (Å²) in [6.45, 7) is 1.09. The standard InChI is InChI=1S/C20H21FN2O4S/c21-16-5-3-14(4-6-16)12-28-13-19(25)27-11-18(24)15-9-17(22-10-15)20(26)23-7-1-2-8-23/h3-6,9-10,22H,1-2,7-8,11-13H2. The van der Waals surface area contributed by atoms with E-state index in [9.17, 15) is 18.8 Å². The minimum Gasteiger partial charge on any atom is -0.457 e. The Labute approximate surface area is 166 Å². The molecule has 1 aliphatic rings. The highest BCUT2D eigenvalue weighted by molar-refractivity contribution is 7.99. The van der Waals surface area contributed by atoms with E-state index in [0.29, 0.717) is 17.0 Å². The highest BCUT2D eigenvalue weighted by atomic mass is 32.2. The van der Waals surface area contributed by atoms with E-state index in [-0.39, 0.29) is 29.9 Å². The fourth-order valence-electron chi connectivity index (χ4n) is 2.87. The Morgan fingerprint density at radius 2 is 1.86 bits per heavy atom. The molecule has 0 atom stereocenters. The number of H-pyrrole nitrogens is 1. The number of likely N-dealkylation sites (tertiary alicyclic amines) is 1. The van der Waals surface area contributed by atoms with Gasteiger partial charge >= 0.3 is 5.97 Å². The molecule has 1 fully saturated rings. The van der Waals surface area contributed by atoms with Gasteiger partial charge in [-0.05, 0) is 36.6 Å². The van der Waals surface area contributed by atoms with E-state index in [2.05, 4.69) is 4.98 Å². The molecule has 1 aromatic carbocycles. The molecule has 0 spiro atoms. The first-order valence-corrected chi connectivity index (χ1v) is 10.2. The van der Waals surface area contributed by atoms with E-state index in [1.165, 1.54) is 36.2 Å². The van der Waals surface area contributed by atoms with Crippen LogP contribution in [0.15, 0.2) is 36.5 Å². The van der Waals surface area contributed by atoms with Crippen LogP contribution in [0.2, 0.25) is 0 Å². The van der Waals surface area contributed by atoms with Crippen molar-refractivity contribution in [2.24, 2.45) is 0 Å². The molecular formula is C20H21FN2O4S. The van der Waals surface area contributed by atoms with Gasteiger partial charge in [0.2, 0.25) is 5.78 Å². The number of nitrogens with one attached hydrogen (secondary N) is 1. The summed E-state index contributed by atoms with van der Waals surface area (Å²) in [6, 6.07) is 7.55. The molecule has 0 unspecified atom stereocenters. The average molecular weight is 404 g/mol. The Bertz CT molecular complexity index is 844. The molecule has 28 heavy (non-hydrogen) atoms. The lowest BCUT2D eigenvalue weighted by molar-refractivity contribution is -0.139. The molecule has 0 radical (unpaired) electrons. The SMILES string of the molecule is O=C(CSCc1ccc(F)cc1)OCC(=O)c1c[nH]c(C(=O)N2CCCC2)c1. The van der Waals surface area contributed by atoms with Gasteiger partial charge in [0.25, 0.3) is 5.91 Å². The van der Waals surface area contributed by atoms with Crippen LogP contribution in [0.1, 0.15) is 39.3 Å². The molecule has 1 aromatic heterocycles. The van der Waals surface area contributed by atoms with Crippen molar-refractivity contribution in [1.29, 1.82) is 0 Å². The number of aromatic amines is 1. The Hall–Kier alpha value is -2.61. The summed E-state index contributed by atoms with van der Waals surface area (Å²) in [7, 11) is 0. The third kappa shape index (κ3) is 5.45. The number of halogens is 1. The van der Waals surface area contributed by atoms with Crippen molar-refractivity contribution < 1.29 is 23.5 Å². The Kier molecular flexibility index (Phi) is 6.86. The second kappa shape index (κ2) is 9.54. The van der Waals surface area contributed by atoms with Crippen LogP contribution in [0.25, 0.3) is 0 Å². The first-order valence-electron chi connectivity index (χ1n) is 9.01. The van der Waals surface area contributed by atoms with E-state index in [4.69, 9.17) is 4.74 Å². The minimum atomic E-state index is -0.496. The van der Waals surface area contributed by atoms with Crippen molar-refractivity contribution in [2.75, 3.05) is 25.4 Å². The van der Waals surface area contributed by atoms with Gasteiger partial charge in [-0.25, -0.2) is 4.39 Å². The van der Waals surface area contributed by atoms with E-state index in [1.807, 2.05) is 0 Å². The molecule has 1 amide bonds. The van der Waals surface area contributed by atoms with E-state index < -0.39 is 5.97 Å². The molecule has 2 heterocycles. The molecule has 8 heteroatoms. The largest absolute Gasteiger partial charge is 0.457 e. The van der Waals surface area contributed by atoms with Crippen molar-refractivity contribution in [3.8, 4) is 0 Å². The third-order valence-corrected chi connectivity index (χ3v) is 5.37. The maximum absolute atomic E-state index is 12.8. The van der Waals surface area contributed by atoms with Crippen LogP contribution in [-0.2, 0) is 15.3 Å². The molecule has 148 valence electrons. The van der Waals surface area contributed by atoms with E-state index in [0.717, 1.165) is 31.5 Å². The van der Waals surface area contributed by atoms with Crippen LogP contribution in [-0.4, -0.2) is 53.0 Å². The van der Waals surface area contributed by atoms with Crippen LogP contribution in [0, 0.1) is 5.82 Å². The van der Waals surface area contributed by atoms with Crippen LogP contribution in [0.5, 0.6) is 0 Å². The van der Waals surface area contributed by atoms with Gasteiger partial charge in [0.15, 0.2) is 6.61 Å². The van der Waals surface area contributed by atoms with E-state index in [1.54, 1.807) is 17.0 Å². The van der Waals surface area contributed by atoms with Gasteiger partial charge in [-0.3, -0.25) is 14.4 Å². The number of Topliss-reactive ketones (excluding diaryl/α,β-unsaturated/α-hetero) is 1. The van der Waals surface area contributed by atoms with Crippen molar-refractivity contribution >= 4 is 29.4 Å². The Balaban J connectivity index is 1.40. The predicted molar refractivity (Wildman–Crippen MR) is 104 cm³/mol. The van der Waals surface area contributed by atoms with Crippen molar-refractivity contribution in [3.63, 3.8) is 0 Å². The van der Waals surface area contributed by atoms with Crippen LogP contribution in [0.4, 0.5) is 4.39 Å². The number of benzene rings is 1. The smallest absolute Gasteiger partial charge is 0.316 e. The van der Waals surface area contributed by atoms with Gasteiger partial charge in [0.1, 0.15) is 11.5 Å². The van der Waals surface area contributed by atoms with Crippen LogP contribution >= 0.6 is 11.8 Å². The Morgan fingerprint density at radius 3 is 2.57 bits per heavy atom. The number of ketones is 1. The molecular weight excluding hydrogens is 383 g/mol. The molecule has 0 saturated carbocycles. The van der Waals surface area contributed by atoms with Crippen molar-refractivity contribution in [1.82, 2.24) is 9.88 Å². The highest BCUT2D eigenvalue weighted by Gasteiger charge is 2.22. The Morgan fingerprint density at radius 1 is 1.14 bits per heavy atom. The number of thioether (sulfide) groups is 1. The highest BCUT2D eigenvalue weighted by Crippen LogP contribution is 2.15. The number of amides is 1. The second-order valence-electron chi connectivity index (χ2n) is 6.50. The second-order valence-corrected chi connectivity index (χ2v) is 7.49. The molecule has 3 rings (SSSR count). The van der Waals surface area contributed by atoms with Crippen LogP contribution in [0.3, 0.4) is 0 Å². The molecule has 1 saturated heterocycles. The van der Waals surface area contributed by atoms with Gasteiger partial charge in [-0.15, -0.1) is 11.8 Å². The van der Waals surface area contributed by atoms with Crippen molar-refractivity contribution in [2.45, 2.75) is 18.6 Å². The lowest BCUT2D eigenvalue weighted by Crippen LogP contribution is -2.27. The molecule has 0 aliphatic carbocycles. The van der Waals surface area contributed by atoms with Gasteiger partial charge in [-0.2, -0.15) is 0 Å². The number of esters is 1. The number of hydrogen-bond donors (Lipinski definition) is 1. The van der Waals surface area contributed by atoms with Gasteiger partial charge in [-0.1, -0.05) is 12.1 Å². The first-order chi connectivity index (χ1) is 13.5. The summed E-state index contributed by atoms with van der Waals surface area (Å²) in [5.74, 6) is -0.648. The lowest BCUT2D eigenvalue weighted by atomic mass is 10.2. The fourth-order valence-corrected chi connectivity index (χ4v) is 3.65. The van der Waals surface area contributed by atoms with Gasteiger partial charge < -0.3 is 14.6 Å². The first kappa shape index (κ1) is 20.1. The topological polar surface area (TPSA) is 79.5 Å². The molecule has 6 nitrogen and oxygen atoms in total. The van der Waals surface area contributed by atoms with Gasteiger partial charge in [0, 0.05) is 30.6 Å². The number of ether oxygens (including phenoxy) is 1. The average Bonchev–Trinajstić information content (AvgIpc) is 3.39.